The summed E-state index contributed by atoms with van der Waals surface area (Å²) >= 11 is 5.88. The molecular weight excluding hydrogens is 288 g/mol. The SMILES string of the molecule is COC(=O)/C(=C\c1ccccc1)C(=O)c1cccc(Cl)c1. The Bertz CT molecular complexity index is 690. The molecule has 0 heterocycles. The zero-order valence-electron chi connectivity index (χ0n) is 11.4. The molecule has 2 rings (SSSR count). The van der Waals surface area contributed by atoms with E-state index in [-0.39, 0.29) is 5.57 Å². The fraction of sp³-hybridized carbons (Fsp3) is 0.0588. The van der Waals surface area contributed by atoms with Gasteiger partial charge in [-0.1, -0.05) is 54.1 Å². The van der Waals surface area contributed by atoms with Crippen LogP contribution in [0.1, 0.15) is 15.9 Å². The molecule has 0 aliphatic rings. The molecule has 0 spiro atoms. The largest absolute Gasteiger partial charge is 0.465 e. The van der Waals surface area contributed by atoms with Gasteiger partial charge in [-0.15, -0.1) is 0 Å². The molecule has 0 radical (unpaired) electrons. The highest BCUT2D eigenvalue weighted by Crippen LogP contribution is 2.17. The normalized spacial score (nSPS) is 11.0. The summed E-state index contributed by atoms with van der Waals surface area (Å²) in [5.41, 5.74) is 1.05. The number of rotatable bonds is 4. The van der Waals surface area contributed by atoms with Crippen LogP contribution < -0.4 is 0 Å². The van der Waals surface area contributed by atoms with Crippen molar-refractivity contribution in [2.75, 3.05) is 7.11 Å². The Morgan fingerprint density at radius 1 is 1.05 bits per heavy atom. The second-order valence-corrected chi connectivity index (χ2v) is 4.74. The maximum atomic E-state index is 12.5. The molecule has 4 heteroatoms. The van der Waals surface area contributed by atoms with Crippen molar-refractivity contribution in [1.82, 2.24) is 0 Å². The third kappa shape index (κ3) is 3.80. The van der Waals surface area contributed by atoms with E-state index >= 15 is 0 Å². The Morgan fingerprint density at radius 2 is 1.76 bits per heavy atom. The molecule has 0 bridgehead atoms. The van der Waals surface area contributed by atoms with Crippen molar-refractivity contribution in [3.63, 3.8) is 0 Å². The summed E-state index contributed by atoms with van der Waals surface area (Å²) in [6.45, 7) is 0. The summed E-state index contributed by atoms with van der Waals surface area (Å²) in [6, 6.07) is 15.6. The lowest BCUT2D eigenvalue weighted by atomic mass is 10.0. The molecule has 0 fully saturated rings. The third-order valence-corrected chi connectivity index (χ3v) is 3.08. The highest BCUT2D eigenvalue weighted by molar-refractivity contribution is 6.32. The van der Waals surface area contributed by atoms with Crippen LogP contribution in [0.25, 0.3) is 6.08 Å². The summed E-state index contributed by atoms with van der Waals surface area (Å²) in [5, 5.41) is 0.435. The van der Waals surface area contributed by atoms with Crippen LogP contribution in [0.15, 0.2) is 60.2 Å². The quantitative estimate of drug-likeness (QED) is 0.284. The maximum Gasteiger partial charge on any atom is 0.341 e. The third-order valence-electron chi connectivity index (χ3n) is 2.85. The molecule has 0 aliphatic heterocycles. The van der Waals surface area contributed by atoms with Crippen LogP contribution in [0.5, 0.6) is 0 Å². The van der Waals surface area contributed by atoms with Gasteiger partial charge in [-0.2, -0.15) is 0 Å². The number of methoxy groups -OCH3 is 1. The van der Waals surface area contributed by atoms with Crippen molar-refractivity contribution in [2.24, 2.45) is 0 Å². The monoisotopic (exact) mass is 300 g/mol. The molecule has 0 atom stereocenters. The second-order valence-electron chi connectivity index (χ2n) is 4.30. The number of benzene rings is 2. The molecule has 2 aromatic carbocycles. The minimum absolute atomic E-state index is 0.0361. The van der Waals surface area contributed by atoms with Gasteiger partial charge in [-0.25, -0.2) is 4.79 Å². The van der Waals surface area contributed by atoms with Crippen molar-refractivity contribution in [2.45, 2.75) is 0 Å². The van der Waals surface area contributed by atoms with Crippen LogP contribution in [0.2, 0.25) is 5.02 Å². The highest BCUT2D eigenvalue weighted by Gasteiger charge is 2.20. The first-order valence-electron chi connectivity index (χ1n) is 6.27. The number of Topliss-reactive ketones (excluding diaryl/α,β-unsaturated/α-hetero) is 1. The lowest BCUT2D eigenvalue weighted by Gasteiger charge is -2.05. The van der Waals surface area contributed by atoms with E-state index in [1.165, 1.54) is 19.3 Å². The Hall–Kier alpha value is -2.39. The van der Waals surface area contributed by atoms with Crippen molar-refractivity contribution < 1.29 is 14.3 Å². The molecule has 2 aromatic rings. The van der Waals surface area contributed by atoms with Crippen LogP contribution in [-0.4, -0.2) is 18.9 Å². The zero-order valence-corrected chi connectivity index (χ0v) is 12.1. The molecule has 106 valence electrons. The van der Waals surface area contributed by atoms with Gasteiger partial charge < -0.3 is 4.74 Å². The standard InChI is InChI=1S/C17H13ClO3/c1-21-17(20)15(10-12-6-3-2-4-7-12)16(19)13-8-5-9-14(18)11-13/h2-11H,1H3/b15-10-. The van der Waals surface area contributed by atoms with Gasteiger partial charge in [0.05, 0.1) is 7.11 Å². The number of ether oxygens (including phenoxy) is 1. The molecule has 0 unspecified atom stereocenters. The number of halogens is 1. The number of carbonyl (C=O) groups is 2. The number of hydrogen-bond acceptors (Lipinski definition) is 3. The van der Waals surface area contributed by atoms with Gasteiger partial charge in [0.1, 0.15) is 5.57 Å². The summed E-state index contributed by atoms with van der Waals surface area (Å²) in [5.74, 6) is -1.10. The topological polar surface area (TPSA) is 43.4 Å². The molecule has 3 nitrogen and oxygen atoms in total. The predicted octanol–water partition coefficient (Wildman–Crippen LogP) is 3.78. The number of esters is 1. The van der Waals surface area contributed by atoms with Crippen LogP contribution >= 0.6 is 11.6 Å². The van der Waals surface area contributed by atoms with Crippen LogP contribution in [0, 0.1) is 0 Å². The second kappa shape index (κ2) is 6.86. The Kier molecular flexibility index (Phi) is 4.90. The summed E-state index contributed by atoms with van der Waals surface area (Å²) in [6.07, 6.45) is 1.51. The van der Waals surface area contributed by atoms with Crippen molar-refractivity contribution in [1.29, 1.82) is 0 Å². The summed E-state index contributed by atoms with van der Waals surface area (Å²) in [7, 11) is 1.24. The van der Waals surface area contributed by atoms with E-state index in [4.69, 9.17) is 16.3 Å². The molecule has 0 aromatic heterocycles. The number of carbonyl (C=O) groups excluding carboxylic acids is 2. The van der Waals surface area contributed by atoms with E-state index in [0.717, 1.165) is 5.56 Å². The maximum absolute atomic E-state index is 12.5. The Labute approximate surface area is 127 Å². The van der Waals surface area contributed by atoms with E-state index < -0.39 is 11.8 Å². The van der Waals surface area contributed by atoms with Crippen molar-refractivity contribution in [3.05, 3.63) is 76.3 Å². The van der Waals surface area contributed by atoms with Crippen molar-refractivity contribution >= 4 is 29.4 Å². The zero-order chi connectivity index (χ0) is 15.2. The fourth-order valence-electron chi connectivity index (χ4n) is 1.83. The van der Waals surface area contributed by atoms with Gasteiger partial charge in [0, 0.05) is 10.6 Å². The van der Waals surface area contributed by atoms with Crippen molar-refractivity contribution in [3.8, 4) is 0 Å². The highest BCUT2D eigenvalue weighted by atomic mass is 35.5. The van der Waals surface area contributed by atoms with E-state index in [1.807, 2.05) is 18.2 Å². The Morgan fingerprint density at radius 3 is 2.38 bits per heavy atom. The van der Waals surface area contributed by atoms with E-state index in [1.54, 1.807) is 30.3 Å². The average Bonchev–Trinajstić information content (AvgIpc) is 2.52. The van der Waals surface area contributed by atoms with E-state index in [9.17, 15) is 9.59 Å². The first-order chi connectivity index (χ1) is 10.1. The van der Waals surface area contributed by atoms with Gasteiger partial charge in [0.25, 0.3) is 0 Å². The number of ketones is 1. The van der Waals surface area contributed by atoms with Gasteiger partial charge in [-0.3, -0.25) is 4.79 Å². The molecular formula is C17H13ClO3. The lowest BCUT2D eigenvalue weighted by Crippen LogP contribution is -2.14. The van der Waals surface area contributed by atoms with Gasteiger partial charge in [0.2, 0.25) is 0 Å². The molecule has 21 heavy (non-hydrogen) atoms. The minimum Gasteiger partial charge on any atom is -0.465 e. The number of hydrogen-bond donors (Lipinski definition) is 0. The lowest BCUT2D eigenvalue weighted by molar-refractivity contribution is -0.135. The van der Waals surface area contributed by atoms with Gasteiger partial charge in [0.15, 0.2) is 5.78 Å². The predicted molar refractivity (Wildman–Crippen MR) is 82.2 cm³/mol. The van der Waals surface area contributed by atoms with Gasteiger partial charge >= 0.3 is 5.97 Å². The first kappa shape index (κ1) is 15.0. The minimum atomic E-state index is -0.677. The molecule has 0 aliphatic carbocycles. The van der Waals surface area contributed by atoms with Gasteiger partial charge in [-0.05, 0) is 23.8 Å². The average molecular weight is 301 g/mol. The van der Waals surface area contributed by atoms with E-state index in [2.05, 4.69) is 0 Å². The van der Waals surface area contributed by atoms with Crippen LogP contribution in [0.3, 0.4) is 0 Å². The van der Waals surface area contributed by atoms with E-state index in [0.29, 0.717) is 10.6 Å². The molecule has 0 amide bonds. The van der Waals surface area contributed by atoms with Crippen LogP contribution in [0.4, 0.5) is 0 Å². The molecule has 0 saturated heterocycles. The molecule has 0 N–H and O–H groups in total. The first-order valence-corrected chi connectivity index (χ1v) is 6.65. The molecule has 0 saturated carbocycles. The summed E-state index contributed by atoms with van der Waals surface area (Å²) in [4.78, 5) is 24.3. The Balaban J connectivity index is 2.44. The smallest absolute Gasteiger partial charge is 0.341 e. The van der Waals surface area contributed by atoms with Crippen LogP contribution in [-0.2, 0) is 9.53 Å². The fourth-order valence-corrected chi connectivity index (χ4v) is 2.02. The summed E-state index contributed by atoms with van der Waals surface area (Å²) < 4.78 is 4.70.